The summed E-state index contributed by atoms with van der Waals surface area (Å²) in [7, 11) is 3.35. The minimum absolute atomic E-state index is 0.680. The third-order valence-electron chi connectivity index (χ3n) is 7.80. The number of aromatic nitrogens is 2. The third-order valence-corrected chi connectivity index (χ3v) is 8.21. The molecule has 0 spiro atoms. The van der Waals surface area contributed by atoms with Crippen molar-refractivity contribution < 1.29 is 18.9 Å². The normalized spacial score (nSPS) is 14.4. The summed E-state index contributed by atoms with van der Waals surface area (Å²) in [6, 6.07) is 10.3. The van der Waals surface area contributed by atoms with Crippen LogP contribution in [0.2, 0.25) is 5.02 Å². The zero-order valence-corrected chi connectivity index (χ0v) is 26.1. The van der Waals surface area contributed by atoms with Gasteiger partial charge in [0.2, 0.25) is 0 Å². The van der Waals surface area contributed by atoms with Crippen molar-refractivity contribution in [1.29, 1.82) is 0 Å². The Balaban J connectivity index is 1.49. The fourth-order valence-electron chi connectivity index (χ4n) is 5.40. The van der Waals surface area contributed by atoms with E-state index >= 15 is 0 Å². The Bertz CT molecular complexity index is 1230. The third kappa shape index (κ3) is 8.05. The lowest BCUT2D eigenvalue weighted by atomic mass is 10.1. The van der Waals surface area contributed by atoms with Crippen molar-refractivity contribution in [3.05, 3.63) is 46.6 Å². The van der Waals surface area contributed by atoms with Gasteiger partial charge in [0, 0.05) is 87.7 Å². The Hall–Kier alpha value is -2.56. The zero-order chi connectivity index (χ0) is 29.2. The lowest BCUT2D eigenvalue weighted by Crippen LogP contribution is -2.47. The quantitative estimate of drug-likeness (QED) is 0.223. The molecule has 1 fully saturated rings. The predicted octanol–water partition coefficient (Wildman–Crippen LogP) is 4.71. The van der Waals surface area contributed by atoms with Gasteiger partial charge in [0.15, 0.2) is 11.5 Å². The van der Waals surface area contributed by atoms with Gasteiger partial charge in [0.25, 0.3) is 0 Å². The fraction of sp³-hybridized carbons (Fsp3) is 0.581. The van der Waals surface area contributed by atoms with Crippen LogP contribution >= 0.6 is 11.6 Å². The van der Waals surface area contributed by atoms with Crippen LogP contribution < -0.4 is 14.4 Å². The van der Waals surface area contributed by atoms with E-state index in [1.165, 1.54) is 5.69 Å². The topological polar surface area (TPSA) is 64.5 Å². The number of anilines is 1. The van der Waals surface area contributed by atoms with Crippen molar-refractivity contribution in [2.75, 3.05) is 91.4 Å². The monoisotopic (exact) mass is 587 g/mol. The molecule has 0 aliphatic carbocycles. The number of methoxy groups -OCH3 is 2. The number of fused-ring (bicyclic) bond motifs is 1. The Kier molecular flexibility index (Phi) is 11.9. The molecule has 3 aromatic rings. The molecule has 0 unspecified atom stereocenters. The Labute approximate surface area is 249 Å². The first kappa shape index (κ1) is 31.4. The average Bonchev–Trinajstić information content (AvgIpc) is 3.32. The van der Waals surface area contributed by atoms with Crippen molar-refractivity contribution in [3.63, 3.8) is 0 Å². The zero-order valence-electron chi connectivity index (χ0n) is 25.3. The molecule has 0 bridgehead atoms. The number of hydrogen-bond acceptors (Lipinski definition) is 8. The van der Waals surface area contributed by atoms with E-state index in [2.05, 4.69) is 44.5 Å². The number of rotatable bonds is 16. The molecular formula is C31H46ClN5O4. The van der Waals surface area contributed by atoms with Gasteiger partial charge in [0.05, 0.1) is 45.2 Å². The highest BCUT2D eigenvalue weighted by Crippen LogP contribution is 2.34. The molecule has 1 aliphatic heterocycles. The van der Waals surface area contributed by atoms with Gasteiger partial charge in [-0.1, -0.05) is 17.7 Å². The van der Waals surface area contributed by atoms with Gasteiger partial charge >= 0.3 is 0 Å². The second-order valence-corrected chi connectivity index (χ2v) is 10.7. The summed E-state index contributed by atoms with van der Waals surface area (Å²) >= 11 is 6.39. The minimum Gasteiger partial charge on any atom is -0.493 e. The van der Waals surface area contributed by atoms with Gasteiger partial charge in [-0.25, -0.2) is 0 Å². The van der Waals surface area contributed by atoms with Crippen molar-refractivity contribution in [3.8, 4) is 11.5 Å². The lowest BCUT2D eigenvalue weighted by molar-refractivity contribution is 0.0793. The first-order valence-electron chi connectivity index (χ1n) is 14.7. The number of benzene rings is 2. The van der Waals surface area contributed by atoms with E-state index in [4.69, 9.17) is 35.6 Å². The second kappa shape index (κ2) is 15.6. The lowest BCUT2D eigenvalue weighted by Gasteiger charge is -2.37. The van der Waals surface area contributed by atoms with Crippen molar-refractivity contribution in [2.24, 2.45) is 0 Å². The van der Waals surface area contributed by atoms with Crippen LogP contribution in [0.4, 0.5) is 5.69 Å². The summed E-state index contributed by atoms with van der Waals surface area (Å²) in [4.78, 5) is 7.31. The molecule has 0 amide bonds. The maximum atomic E-state index is 6.39. The van der Waals surface area contributed by atoms with Crippen LogP contribution in [-0.2, 0) is 22.6 Å². The number of hydrogen-bond donors (Lipinski definition) is 0. The van der Waals surface area contributed by atoms with Gasteiger partial charge in [0.1, 0.15) is 0 Å². The molecule has 1 aliphatic rings. The molecule has 1 aromatic heterocycles. The number of halogens is 1. The highest BCUT2D eigenvalue weighted by Gasteiger charge is 2.21. The van der Waals surface area contributed by atoms with Crippen LogP contribution in [-0.4, -0.2) is 106 Å². The maximum absolute atomic E-state index is 6.39. The van der Waals surface area contributed by atoms with Crippen LogP contribution in [0.1, 0.15) is 25.1 Å². The largest absolute Gasteiger partial charge is 0.493 e. The first-order chi connectivity index (χ1) is 20.0. The molecule has 41 heavy (non-hydrogen) atoms. The summed E-state index contributed by atoms with van der Waals surface area (Å²) in [5.41, 5.74) is 4.47. The highest BCUT2D eigenvalue weighted by atomic mass is 35.5. The number of piperazine rings is 1. The summed E-state index contributed by atoms with van der Waals surface area (Å²) in [6.45, 7) is 16.9. The van der Waals surface area contributed by atoms with Crippen molar-refractivity contribution in [2.45, 2.75) is 33.9 Å². The van der Waals surface area contributed by atoms with Crippen LogP contribution in [0.3, 0.4) is 0 Å². The summed E-state index contributed by atoms with van der Waals surface area (Å²) < 4.78 is 24.8. The Morgan fingerprint density at radius 3 is 2.20 bits per heavy atom. The summed E-state index contributed by atoms with van der Waals surface area (Å²) in [5, 5.41) is 7.05. The van der Waals surface area contributed by atoms with E-state index in [-0.39, 0.29) is 0 Å². The first-order valence-corrected chi connectivity index (χ1v) is 15.1. The molecule has 0 atom stereocenters. The van der Waals surface area contributed by atoms with E-state index in [0.717, 1.165) is 79.5 Å². The van der Waals surface area contributed by atoms with Crippen molar-refractivity contribution >= 4 is 28.2 Å². The molecule has 4 rings (SSSR count). The average molecular weight is 588 g/mol. The second-order valence-electron chi connectivity index (χ2n) is 10.3. The van der Waals surface area contributed by atoms with E-state index in [0.29, 0.717) is 44.5 Å². The smallest absolute Gasteiger partial charge is 0.162 e. The van der Waals surface area contributed by atoms with Crippen LogP contribution in [0.25, 0.3) is 10.9 Å². The summed E-state index contributed by atoms with van der Waals surface area (Å²) in [5.74, 6) is 1.42. The molecular weight excluding hydrogens is 542 g/mol. The number of ether oxygens (including phenoxy) is 4. The molecule has 2 aromatic carbocycles. The van der Waals surface area contributed by atoms with Crippen molar-refractivity contribution in [1.82, 2.24) is 19.6 Å². The molecule has 0 N–H and O–H groups in total. The van der Waals surface area contributed by atoms with E-state index < -0.39 is 0 Å². The fourth-order valence-corrected chi connectivity index (χ4v) is 5.57. The van der Waals surface area contributed by atoms with E-state index in [9.17, 15) is 0 Å². The molecule has 10 heteroatoms. The number of nitrogens with zero attached hydrogens (tertiary/aromatic N) is 5. The van der Waals surface area contributed by atoms with E-state index in [1.54, 1.807) is 14.2 Å². The van der Waals surface area contributed by atoms with E-state index in [1.807, 2.05) is 26.0 Å². The molecule has 1 saturated heterocycles. The highest BCUT2D eigenvalue weighted by molar-refractivity contribution is 6.31. The summed E-state index contributed by atoms with van der Waals surface area (Å²) in [6.07, 6.45) is 0. The standard InChI is InChI=1S/C31H46ClN5O4/c1-6-40-19-17-35(18-20-41-7-2)23-27-25-21-30(38-4)31(39-5)22-29(25)37(33-27)16-13-34-11-14-36(15-12-34)28-10-8-9-26(32)24(28)3/h8-10,21-22H,6-7,11-20,23H2,1-5H3. The van der Waals surface area contributed by atoms with Crippen LogP contribution in [0.15, 0.2) is 30.3 Å². The predicted molar refractivity (Wildman–Crippen MR) is 166 cm³/mol. The van der Waals surface area contributed by atoms with Crippen LogP contribution in [0, 0.1) is 6.92 Å². The Morgan fingerprint density at radius 2 is 1.56 bits per heavy atom. The van der Waals surface area contributed by atoms with Crippen LogP contribution in [0.5, 0.6) is 11.5 Å². The minimum atomic E-state index is 0.680. The molecule has 0 saturated carbocycles. The van der Waals surface area contributed by atoms with Gasteiger partial charge in [-0.15, -0.1) is 0 Å². The molecule has 9 nitrogen and oxygen atoms in total. The van der Waals surface area contributed by atoms with Gasteiger partial charge in [-0.2, -0.15) is 5.10 Å². The molecule has 2 heterocycles. The van der Waals surface area contributed by atoms with Gasteiger partial charge < -0.3 is 23.8 Å². The Morgan fingerprint density at radius 1 is 0.902 bits per heavy atom. The molecule has 0 radical (unpaired) electrons. The van der Waals surface area contributed by atoms with Gasteiger partial charge in [-0.05, 0) is 44.5 Å². The van der Waals surface area contributed by atoms with Gasteiger partial charge in [-0.3, -0.25) is 14.5 Å². The molecule has 226 valence electrons. The SMILES string of the molecule is CCOCCN(CCOCC)Cc1nn(CCN2CCN(c3cccc(Cl)c3C)CC2)c2cc(OC)c(OC)cc12. The maximum Gasteiger partial charge on any atom is 0.162 e.